The standard InChI is InChI=1S/C26H26FNO5S/c1-4-33-25-14-18(10-12-24(25)32-2)23(16-34(3,30)31)28-22-11-9-17(13-19(22)15-26(28)29)20-7-5-6-8-21(20)27/h5-14,23H,4,15-16H2,1-3H3. The van der Waals surface area contributed by atoms with E-state index < -0.39 is 15.9 Å². The molecule has 6 nitrogen and oxygen atoms in total. The lowest BCUT2D eigenvalue weighted by Crippen LogP contribution is -2.35. The molecule has 4 rings (SSSR count). The lowest BCUT2D eigenvalue weighted by atomic mass is 10.0. The van der Waals surface area contributed by atoms with Crippen LogP contribution in [0, 0.1) is 5.82 Å². The molecule has 0 radical (unpaired) electrons. The van der Waals surface area contributed by atoms with Crippen molar-refractivity contribution in [1.29, 1.82) is 0 Å². The molecule has 178 valence electrons. The first-order valence-corrected chi connectivity index (χ1v) is 13.0. The average Bonchev–Trinajstić information content (AvgIpc) is 3.12. The molecule has 1 heterocycles. The zero-order valence-electron chi connectivity index (χ0n) is 19.2. The zero-order valence-corrected chi connectivity index (χ0v) is 20.1. The van der Waals surface area contributed by atoms with Crippen LogP contribution in [0.4, 0.5) is 10.1 Å². The molecular weight excluding hydrogens is 457 g/mol. The maximum atomic E-state index is 14.3. The van der Waals surface area contributed by atoms with E-state index in [4.69, 9.17) is 9.47 Å². The number of anilines is 1. The molecule has 3 aromatic carbocycles. The first-order valence-electron chi connectivity index (χ1n) is 10.9. The quantitative estimate of drug-likeness (QED) is 0.469. The van der Waals surface area contributed by atoms with Crippen molar-refractivity contribution in [1.82, 2.24) is 0 Å². The van der Waals surface area contributed by atoms with Gasteiger partial charge in [0, 0.05) is 17.5 Å². The smallest absolute Gasteiger partial charge is 0.232 e. The summed E-state index contributed by atoms with van der Waals surface area (Å²) in [6, 6.07) is 16.2. The summed E-state index contributed by atoms with van der Waals surface area (Å²) >= 11 is 0. The number of carbonyl (C=O) groups excluding carboxylic acids is 1. The molecular formula is C26H26FNO5S. The summed E-state index contributed by atoms with van der Waals surface area (Å²) in [7, 11) is -1.92. The molecule has 0 N–H and O–H groups in total. The van der Waals surface area contributed by atoms with Crippen LogP contribution in [0.15, 0.2) is 60.7 Å². The predicted octanol–water partition coefficient (Wildman–Crippen LogP) is 4.58. The third kappa shape index (κ3) is 4.77. The monoisotopic (exact) mass is 483 g/mol. The van der Waals surface area contributed by atoms with E-state index in [1.54, 1.807) is 54.6 Å². The molecule has 0 saturated heterocycles. The highest BCUT2D eigenvalue weighted by Gasteiger charge is 2.36. The summed E-state index contributed by atoms with van der Waals surface area (Å²) in [6.45, 7) is 2.24. The van der Waals surface area contributed by atoms with Gasteiger partial charge in [0.25, 0.3) is 0 Å². The van der Waals surface area contributed by atoms with E-state index in [-0.39, 0.29) is 23.9 Å². The van der Waals surface area contributed by atoms with Gasteiger partial charge in [-0.25, -0.2) is 12.8 Å². The fourth-order valence-corrected chi connectivity index (χ4v) is 5.24. The molecule has 0 saturated carbocycles. The summed E-state index contributed by atoms with van der Waals surface area (Å²) < 4.78 is 50.1. The van der Waals surface area contributed by atoms with Crippen molar-refractivity contribution in [3.8, 4) is 22.6 Å². The van der Waals surface area contributed by atoms with E-state index in [0.29, 0.717) is 40.5 Å². The van der Waals surface area contributed by atoms with E-state index in [0.717, 1.165) is 11.8 Å². The van der Waals surface area contributed by atoms with Crippen molar-refractivity contribution in [2.45, 2.75) is 19.4 Å². The number of ether oxygens (including phenoxy) is 2. The predicted molar refractivity (Wildman–Crippen MR) is 130 cm³/mol. The summed E-state index contributed by atoms with van der Waals surface area (Å²) in [5.74, 6) is 0.169. The van der Waals surface area contributed by atoms with E-state index in [2.05, 4.69) is 0 Å². The molecule has 1 amide bonds. The highest BCUT2D eigenvalue weighted by atomic mass is 32.2. The van der Waals surface area contributed by atoms with Crippen molar-refractivity contribution in [2.24, 2.45) is 0 Å². The first-order chi connectivity index (χ1) is 16.2. The number of fused-ring (bicyclic) bond motifs is 1. The maximum Gasteiger partial charge on any atom is 0.232 e. The van der Waals surface area contributed by atoms with Crippen molar-refractivity contribution < 1.29 is 27.1 Å². The Morgan fingerprint density at radius 2 is 1.82 bits per heavy atom. The minimum Gasteiger partial charge on any atom is -0.493 e. The van der Waals surface area contributed by atoms with Crippen LogP contribution in [0.1, 0.15) is 24.1 Å². The van der Waals surface area contributed by atoms with Crippen molar-refractivity contribution in [3.63, 3.8) is 0 Å². The number of amides is 1. The Bertz CT molecular complexity index is 1340. The van der Waals surface area contributed by atoms with E-state index >= 15 is 0 Å². The second-order valence-electron chi connectivity index (χ2n) is 8.22. The second-order valence-corrected chi connectivity index (χ2v) is 10.4. The van der Waals surface area contributed by atoms with Gasteiger partial charge in [-0.1, -0.05) is 30.3 Å². The topological polar surface area (TPSA) is 72.9 Å². The molecule has 0 aliphatic carbocycles. The SMILES string of the molecule is CCOc1cc(C(CS(C)(=O)=O)N2C(=O)Cc3cc(-c4ccccc4F)ccc32)ccc1OC. The number of sulfone groups is 1. The fourth-order valence-electron chi connectivity index (χ4n) is 4.32. The van der Waals surface area contributed by atoms with Gasteiger partial charge in [-0.15, -0.1) is 0 Å². The number of methoxy groups -OCH3 is 1. The molecule has 8 heteroatoms. The van der Waals surface area contributed by atoms with Crippen LogP contribution >= 0.6 is 0 Å². The number of hydrogen-bond acceptors (Lipinski definition) is 5. The summed E-state index contributed by atoms with van der Waals surface area (Å²) in [4.78, 5) is 14.7. The minimum atomic E-state index is -3.45. The Kier molecular flexibility index (Phi) is 6.61. The number of hydrogen-bond donors (Lipinski definition) is 0. The second kappa shape index (κ2) is 9.46. The van der Waals surface area contributed by atoms with Crippen molar-refractivity contribution in [2.75, 3.05) is 30.6 Å². The van der Waals surface area contributed by atoms with Gasteiger partial charge in [0.15, 0.2) is 11.5 Å². The third-order valence-corrected chi connectivity index (χ3v) is 6.70. The van der Waals surface area contributed by atoms with Gasteiger partial charge in [-0.05, 0) is 53.9 Å². The van der Waals surface area contributed by atoms with Crippen LogP contribution in [0.5, 0.6) is 11.5 Å². The normalized spacial score (nSPS) is 14.1. The minimum absolute atomic E-state index is 0.104. The zero-order chi connectivity index (χ0) is 24.5. The number of rotatable bonds is 8. The molecule has 1 unspecified atom stereocenters. The molecule has 1 aliphatic heterocycles. The number of carbonyl (C=O) groups is 1. The maximum absolute atomic E-state index is 14.3. The Morgan fingerprint density at radius 3 is 2.50 bits per heavy atom. The molecule has 0 aromatic heterocycles. The van der Waals surface area contributed by atoms with Gasteiger partial charge < -0.3 is 14.4 Å². The van der Waals surface area contributed by atoms with Gasteiger partial charge >= 0.3 is 0 Å². The van der Waals surface area contributed by atoms with Gasteiger partial charge in [0.05, 0.1) is 31.9 Å². The molecule has 0 bridgehead atoms. The number of halogens is 1. The fraction of sp³-hybridized carbons (Fsp3) is 0.269. The van der Waals surface area contributed by atoms with Crippen LogP contribution in [0.25, 0.3) is 11.1 Å². The van der Waals surface area contributed by atoms with Crippen LogP contribution in [0.3, 0.4) is 0 Å². The highest BCUT2D eigenvalue weighted by molar-refractivity contribution is 7.90. The lowest BCUT2D eigenvalue weighted by molar-refractivity contribution is -0.117. The van der Waals surface area contributed by atoms with Crippen LogP contribution in [0.2, 0.25) is 0 Å². The first kappa shape index (κ1) is 23.8. The number of nitrogens with zero attached hydrogens (tertiary/aromatic N) is 1. The molecule has 0 fully saturated rings. The van der Waals surface area contributed by atoms with Gasteiger partial charge in [-0.3, -0.25) is 4.79 Å². The Hall–Kier alpha value is -3.39. The van der Waals surface area contributed by atoms with Crippen LogP contribution < -0.4 is 14.4 Å². The van der Waals surface area contributed by atoms with E-state index in [1.165, 1.54) is 18.1 Å². The molecule has 3 aromatic rings. The van der Waals surface area contributed by atoms with Crippen LogP contribution in [-0.2, 0) is 21.1 Å². The van der Waals surface area contributed by atoms with Crippen molar-refractivity contribution in [3.05, 3.63) is 77.6 Å². The Morgan fingerprint density at radius 1 is 1.06 bits per heavy atom. The molecule has 34 heavy (non-hydrogen) atoms. The largest absolute Gasteiger partial charge is 0.493 e. The van der Waals surface area contributed by atoms with Crippen molar-refractivity contribution >= 4 is 21.4 Å². The number of benzene rings is 3. The lowest BCUT2D eigenvalue weighted by Gasteiger charge is -2.29. The van der Waals surface area contributed by atoms with Gasteiger partial charge in [0.2, 0.25) is 5.91 Å². The molecule has 1 atom stereocenters. The van der Waals surface area contributed by atoms with E-state index in [1.807, 2.05) is 6.92 Å². The van der Waals surface area contributed by atoms with E-state index in [9.17, 15) is 17.6 Å². The summed E-state index contributed by atoms with van der Waals surface area (Å²) in [5.41, 5.74) is 3.07. The van der Waals surface area contributed by atoms with Crippen LogP contribution in [-0.4, -0.2) is 40.1 Å². The van der Waals surface area contributed by atoms with Gasteiger partial charge in [-0.2, -0.15) is 0 Å². The summed E-state index contributed by atoms with van der Waals surface area (Å²) in [5, 5.41) is 0. The van der Waals surface area contributed by atoms with Gasteiger partial charge in [0.1, 0.15) is 15.7 Å². The Labute approximate surface area is 198 Å². The Balaban J connectivity index is 1.79. The molecule has 1 aliphatic rings. The molecule has 0 spiro atoms. The highest BCUT2D eigenvalue weighted by Crippen LogP contribution is 2.41. The summed E-state index contributed by atoms with van der Waals surface area (Å²) in [6.07, 6.45) is 1.25. The average molecular weight is 484 g/mol. The third-order valence-electron chi connectivity index (χ3n) is 5.78.